The molecule has 0 spiro atoms. The van der Waals surface area contributed by atoms with E-state index in [1.807, 2.05) is 13.1 Å². The zero-order valence-electron chi connectivity index (χ0n) is 10.6. The van der Waals surface area contributed by atoms with E-state index in [-0.39, 0.29) is 19.1 Å². The van der Waals surface area contributed by atoms with E-state index >= 15 is 0 Å². The number of aliphatic hydroxyl groups excluding tert-OH is 2. The Morgan fingerprint density at radius 3 is 2.53 bits per heavy atom. The van der Waals surface area contributed by atoms with Crippen LogP contribution in [0.15, 0.2) is 12.7 Å². The van der Waals surface area contributed by atoms with Crippen molar-refractivity contribution in [2.75, 3.05) is 19.7 Å². The van der Waals surface area contributed by atoms with Crippen LogP contribution in [0, 0.1) is 0 Å². The molecule has 0 saturated carbocycles. The fourth-order valence-electron chi connectivity index (χ4n) is 1.44. The Morgan fingerprint density at radius 1 is 1.53 bits per heavy atom. The molecule has 6 heteroatoms. The lowest BCUT2D eigenvalue weighted by Gasteiger charge is -2.24. The van der Waals surface area contributed by atoms with Gasteiger partial charge in [0.2, 0.25) is 5.91 Å². The van der Waals surface area contributed by atoms with E-state index in [0.717, 1.165) is 0 Å². The Kier molecular flexibility index (Phi) is 7.29. The molecular formula is C11H23NO4Si. The lowest BCUT2D eigenvalue weighted by molar-refractivity contribution is -0.127. The van der Waals surface area contributed by atoms with E-state index in [0.29, 0.717) is 19.0 Å². The molecule has 3 N–H and O–H groups in total. The van der Waals surface area contributed by atoms with Crippen LogP contribution < -0.4 is 0 Å². The van der Waals surface area contributed by atoms with Crippen molar-refractivity contribution in [2.24, 2.45) is 0 Å². The Hall–Kier alpha value is -0.693. The standard InChI is InChI=1S/C11H23NO4Si/c1-4-11(15)12(8-10(14)9-13)6-5-7-17(2,3)16/h4,10,13-14,16H,1,5-9H2,2-3H3. The SMILES string of the molecule is C=CC(=O)N(CCC[Si](C)(C)O)CC(O)CO. The van der Waals surface area contributed by atoms with Crippen molar-refractivity contribution in [3.63, 3.8) is 0 Å². The van der Waals surface area contributed by atoms with Crippen molar-refractivity contribution < 1.29 is 19.8 Å². The molecule has 0 heterocycles. The van der Waals surface area contributed by atoms with Crippen LogP contribution in [0.1, 0.15) is 6.42 Å². The number of nitrogens with zero attached hydrogens (tertiary/aromatic N) is 1. The van der Waals surface area contributed by atoms with Gasteiger partial charge in [0, 0.05) is 13.1 Å². The number of hydrogen-bond donors (Lipinski definition) is 3. The number of amides is 1. The summed E-state index contributed by atoms with van der Waals surface area (Å²) < 4.78 is 0. The lowest BCUT2D eigenvalue weighted by Crippen LogP contribution is -2.39. The molecule has 0 aliphatic rings. The Bertz CT molecular complexity index is 252. The van der Waals surface area contributed by atoms with Gasteiger partial charge in [-0.3, -0.25) is 4.79 Å². The highest BCUT2D eigenvalue weighted by Gasteiger charge is 2.19. The second-order valence-corrected chi connectivity index (χ2v) is 8.87. The van der Waals surface area contributed by atoms with E-state index in [1.165, 1.54) is 11.0 Å². The van der Waals surface area contributed by atoms with Crippen molar-refractivity contribution in [1.82, 2.24) is 4.90 Å². The molecule has 0 rings (SSSR count). The van der Waals surface area contributed by atoms with Crippen LogP contribution in [-0.2, 0) is 4.79 Å². The van der Waals surface area contributed by atoms with Crippen LogP contribution >= 0.6 is 0 Å². The Balaban J connectivity index is 4.20. The van der Waals surface area contributed by atoms with Crippen molar-refractivity contribution >= 4 is 14.2 Å². The molecule has 0 aromatic rings. The van der Waals surface area contributed by atoms with Crippen LogP contribution in [0.5, 0.6) is 0 Å². The first kappa shape index (κ1) is 16.3. The minimum Gasteiger partial charge on any atom is -0.432 e. The van der Waals surface area contributed by atoms with E-state index in [9.17, 15) is 14.7 Å². The van der Waals surface area contributed by atoms with Crippen LogP contribution in [0.4, 0.5) is 0 Å². The van der Waals surface area contributed by atoms with Gasteiger partial charge < -0.3 is 19.9 Å². The number of rotatable bonds is 8. The molecule has 0 bridgehead atoms. The number of aliphatic hydroxyl groups is 2. The van der Waals surface area contributed by atoms with E-state index < -0.39 is 14.4 Å². The number of carbonyl (C=O) groups is 1. The maximum absolute atomic E-state index is 11.5. The summed E-state index contributed by atoms with van der Waals surface area (Å²) in [6.45, 7) is 7.26. The first-order chi connectivity index (χ1) is 7.80. The van der Waals surface area contributed by atoms with Crippen LogP contribution in [0.2, 0.25) is 19.1 Å². The van der Waals surface area contributed by atoms with E-state index in [4.69, 9.17) is 5.11 Å². The van der Waals surface area contributed by atoms with Gasteiger partial charge in [-0.15, -0.1) is 0 Å². The molecule has 0 aromatic heterocycles. The molecule has 0 aliphatic carbocycles. The average molecular weight is 261 g/mol. The minimum absolute atomic E-state index is 0.0920. The molecule has 0 aromatic carbocycles. The second kappa shape index (κ2) is 7.60. The lowest BCUT2D eigenvalue weighted by atomic mass is 10.3. The minimum atomic E-state index is -2.09. The molecule has 1 unspecified atom stereocenters. The largest absolute Gasteiger partial charge is 0.432 e. The molecular weight excluding hydrogens is 238 g/mol. The highest BCUT2D eigenvalue weighted by atomic mass is 28.4. The maximum Gasteiger partial charge on any atom is 0.246 e. The van der Waals surface area contributed by atoms with Crippen molar-refractivity contribution in [2.45, 2.75) is 31.7 Å². The third kappa shape index (κ3) is 8.09. The van der Waals surface area contributed by atoms with Crippen molar-refractivity contribution in [1.29, 1.82) is 0 Å². The fourth-order valence-corrected chi connectivity index (χ4v) is 2.46. The monoisotopic (exact) mass is 261 g/mol. The average Bonchev–Trinajstić information content (AvgIpc) is 2.24. The summed E-state index contributed by atoms with van der Waals surface area (Å²) >= 11 is 0. The quantitative estimate of drug-likeness (QED) is 0.422. The van der Waals surface area contributed by atoms with E-state index in [1.54, 1.807) is 0 Å². The molecule has 17 heavy (non-hydrogen) atoms. The summed E-state index contributed by atoms with van der Waals surface area (Å²) in [6.07, 6.45) is 0.942. The summed E-state index contributed by atoms with van der Waals surface area (Å²) in [5, 5.41) is 18.1. The Morgan fingerprint density at radius 2 is 2.12 bits per heavy atom. The highest BCUT2D eigenvalue weighted by molar-refractivity contribution is 6.69. The number of carbonyl (C=O) groups excluding carboxylic acids is 1. The summed E-state index contributed by atoms with van der Waals surface area (Å²) in [7, 11) is -2.09. The topological polar surface area (TPSA) is 81.0 Å². The molecule has 100 valence electrons. The molecule has 0 saturated heterocycles. The van der Waals surface area contributed by atoms with Gasteiger partial charge in [-0.1, -0.05) is 6.58 Å². The van der Waals surface area contributed by atoms with E-state index in [2.05, 4.69) is 6.58 Å². The Labute approximate surface area is 104 Å². The first-order valence-corrected chi connectivity index (χ1v) is 8.88. The van der Waals surface area contributed by atoms with Gasteiger partial charge in [-0.25, -0.2) is 0 Å². The maximum atomic E-state index is 11.5. The normalized spacial score (nSPS) is 13.2. The zero-order chi connectivity index (χ0) is 13.5. The van der Waals surface area contributed by atoms with Gasteiger partial charge >= 0.3 is 0 Å². The van der Waals surface area contributed by atoms with Crippen molar-refractivity contribution in [3.8, 4) is 0 Å². The summed E-state index contributed by atoms with van der Waals surface area (Å²) in [6, 6.07) is 0.698. The molecule has 5 nitrogen and oxygen atoms in total. The van der Waals surface area contributed by atoms with Gasteiger partial charge in [0.25, 0.3) is 0 Å². The third-order valence-corrected chi connectivity index (χ3v) is 3.92. The second-order valence-electron chi connectivity index (χ2n) is 4.74. The highest BCUT2D eigenvalue weighted by Crippen LogP contribution is 2.09. The molecule has 1 amide bonds. The molecule has 0 radical (unpaired) electrons. The summed E-state index contributed by atoms with van der Waals surface area (Å²) in [5.74, 6) is -0.269. The predicted octanol–water partition coefficient (Wildman–Crippen LogP) is -0.0583. The van der Waals surface area contributed by atoms with Gasteiger partial charge in [0.1, 0.15) is 0 Å². The molecule has 0 aliphatic heterocycles. The van der Waals surface area contributed by atoms with Crippen LogP contribution in [0.25, 0.3) is 0 Å². The predicted molar refractivity (Wildman–Crippen MR) is 69.0 cm³/mol. The van der Waals surface area contributed by atoms with Gasteiger partial charge in [-0.05, 0) is 31.6 Å². The van der Waals surface area contributed by atoms with Gasteiger partial charge in [0.15, 0.2) is 8.32 Å². The van der Waals surface area contributed by atoms with Crippen molar-refractivity contribution in [3.05, 3.63) is 12.7 Å². The summed E-state index contributed by atoms with van der Waals surface area (Å²) in [4.78, 5) is 22.6. The van der Waals surface area contributed by atoms with Gasteiger partial charge in [0.05, 0.1) is 12.7 Å². The van der Waals surface area contributed by atoms with Crippen LogP contribution in [0.3, 0.4) is 0 Å². The first-order valence-electron chi connectivity index (χ1n) is 5.73. The molecule has 1 atom stereocenters. The third-order valence-electron chi connectivity index (χ3n) is 2.34. The van der Waals surface area contributed by atoms with Gasteiger partial charge in [-0.2, -0.15) is 0 Å². The molecule has 0 fully saturated rings. The zero-order valence-corrected chi connectivity index (χ0v) is 11.6. The summed E-state index contributed by atoms with van der Waals surface area (Å²) in [5.41, 5.74) is 0. The van der Waals surface area contributed by atoms with Crippen LogP contribution in [-0.4, -0.2) is 59.9 Å². The fraction of sp³-hybridized carbons (Fsp3) is 0.727. The smallest absolute Gasteiger partial charge is 0.246 e. The number of hydrogen-bond acceptors (Lipinski definition) is 4.